The summed E-state index contributed by atoms with van der Waals surface area (Å²) < 4.78 is 0. The van der Waals surface area contributed by atoms with Crippen LogP contribution in [-0.4, -0.2) is 5.78 Å². The van der Waals surface area contributed by atoms with Gasteiger partial charge in [-0.3, -0.25) is 4.79 Å². The molecule has 0 aromatic rings. The Hall–Kier alpha value is -0.590. The predicted molar refractivity (Wildman–Crippen MR) is 60.3 cm³/mol. The predicted octanol–water partition coefficient (Wildman–Crippen LogP) is 3.06. The average molecular weight is 204 g/mol. The van der Waals surface area contributed by atoms with Crippen LogP contribution in [0.5, 0.6) is 0 Å². The smallest absolute Gasteiger partial charge is 0.159 e. The van der Waals surface area contributed by atoms with Gasteiger partial charge < -0.3 is 0 Å². The second-order valence-electron chi connectivity index (χ2n) is 6.37. The first kappa shape index (κ1) is 9.62. The zero-order valence-electron chi connectivity index (χ0n) is 9.86. The van der Waals surface area contributed by atoms with Crippen molar-refractivity contribution in [1.29, 1.82) is 0 Å². The molecule has 0 amide bonds. The fraction of sp³-hybridized carbons (Fsp3) is 0.786. The SMILES string of the molecule is C[C@H]1CC[C@H]2[C@@H]3C=CC(=O)[C@@H]3[C@@H]1C2(C)C. The van der Waals surface area contributed by atoms with Crippen LogP contribution in [0.3, 0.4) is 0 Å². The van der Waals surface area contributed by atoms with Gasteiger partial charge in [-0.05, 0) is 41.6 Å². The maximum absolute atomic E-state index is 11.9. The van der Waals surface area contributed by atoms with Crippen molar-refractivity contribution >= 4 is 5.78 Å². The second kappa shape index (κ2) is 2.75. The highest BCUT2D eigenvalue weighted by Crippen LogP contribution is 2.64. The van der Waals surface area contributed by atoms with Crippen molar-refractivity contribution in [2.45, 2.75) is 33.6 Å². The Kier molecular flexibility index (Phi) is 1.76. The minimum Gasteiger partial charge on any atom is -0.295 e. The van der Waals surface area contributed by atoms with Gasteiger partial charge in [-0.2, -0.15) is 0 Å². The largest absolute Gasteiger partial charge is 0.295 e. The molecule has 3 aliphatic rings. The zero-order valence-corrected chi connectivity index (χ0v) is 9.86. The molecule has 3 rings (SSSR count). The lowest BCUT2D eigenvalue weighted by Crippen LogP contribution is -2.37. The molecule has 0 aromatic carbocycles. The number of fused-ring (bicyclic) bond motifs is 5. The number of ketones is 1. The van der Waals surface area contributed by atoms with Gasteiger partial charge in [0.25, 0.3) is 0 Å². The molecule has 1 nitrogen and oxygen atoms in total. The summed E-state index contributed by atoms with van der Waals surface area (Å²) in [7, 11) is 0. The van der Waals surface area contributed by atoms with E-state index in [2.05, 4.69) is 26.8 Å². The fourth-order valence-electron chi connectivity index (χ4n) is 4.91. The van der Waals surface area contributed by atoms with Crippen molar-refractivity contribution in [2.24, 2.45) is 35.0 Å². The van der Waals surface area contributed by atoms with E-state index in [0.717, 1.165) is 11.8 Å². The molecule has 2 saturated carbocycles. The third-order valence-electron chi connectivity index (χ3n) is 5.44. The van der Waals surface area contributed by atoms with Gasteiger partial charge in [-0.1, -0.05) is 33.3 Å². The van der Waals surface area contributed by atoms with Gasteiger partial charge in [-0.15, -0.1) is 0 Å². The molecule has 0 saturated heterocycles. The standard InChI is InChI=1S/C14H20O/c1-8-4-6-10-9-5-7-11(15)12(9)13(8)14(10,2)3/h5,7-10,12-13H,4,6H2,1-3H3/t8-,9-,10-,12+,13+/m0/s1. The molecule has 15 heavy (non-hydrogen) atoms. The minimum absolute atomic E-state index is 0.336. The highest BCUT2D eigenvalue weighted by molar-refractivity contribution is 5.95. The van der Waals surface area contributed by atoms with E-state index in [-0.39, 0.29) is 0 Å². The van der Waals surface area contributed by atoms with Gasteiger partial charge in [0, 0.05) is 5.92 Å². The van der Waals surface area contributed by atoms with Crippen molar-refractivity contribution in [1.82, 2.24) is 0 Å². The van der Waals surface area contributed by atoms with Crippen molar-refractivity contribution < 1.29 is 4.79 Å². The van der Waals surface area contributed by atoms with E-state index in [1.165, 1.54) is 12.8 Å². The molecular formula is C14H20O. The quantitative estimate of drug-likeness (QED) is 0.592. The van der Waals surface area contributed by atoms with Crippen molar-refractivity contribution in [3.05, 3.63) is 12.2 Å². The van der Waals surface area contributed by atoms with Crippen molar-refractivity contribution in [3.63, 3.8) is 0 Å². The van der Waals surface area contributed by atoms with E-state index in [4.69, 9.17) is 0 Å². The second-order valence-corrected chi connectivity index (χ2v) is 6.37. The summed E-state index contributed by atoms with van der Waals surface area (Å²) in [6.45, 7) is 7.12. The highest BCUT2D eigenvalue weighted by Gasteiger charge is 2.60. The van der Waals surface area contributed by atoms with Gasteiger partial charge >= 0.3 is 0 Å². The number of rotatable bonds is 0. The summed E-state index contributed by atoms with van der Waals surface area (Å²) in [5.41, 5.74) is 0.382. The number of carbonyl (C=O) groups excluding carboxylic acids is 1. The monoisotopic (exact) mass is 204 g/mol. The number of allylic oxidation sites excluding steroid dienone is 2. The van der Waals surface area contributed by atoms with Crippen LogP contribution in [0.15, 0.2) is 12.2 Å². The molecule has 2 fully saturated rings. The van der Waals surface area contributed by atoms with E-state index in [0.29, 0.717) is 29.0 Å². The third-order valence-corrected chi connectivity index (χ3v) is 5.44. The summed E-state index contributed by atoms with van der Waals surface area (Å²) in [6.07, 6.45) is 6.70. The van der Waals surface area contributed by atoms with Gasteiger partial charge in [0.05, 0.1) is 0 Å². The molecule has 0 unspecified atom stereocenters. The number of carbonyl (C=O) groups is 1. The maximum Gasteiger partial charge on any atom is 0.159 e. The molecule has 0 aliphatic heterocycles. The molecule has 0 radical (unpaired) electrons. The van der Waals surface area contributed by atoms with Gasteiger partial charge in [0.1, 0.15) is 0 Å². The first-order chi connectivity index (χ1) is 7.03. The van der Waals surface area contributed by atoms with Gasteiger partial charge in [0.2, 0.25) is 0 Å². The van der Waals surface area contributed by atoms with Crippen LogP contribution < -0.4 is 0 Å². The van der Waals surface area contributed by atoms with E-state index in [1.807, 2.05) is 6.08 Å². The lowest BCUT2D eigenvalue weighted by Gasteiger charge is -2.43. The van der Waals surface area contributed by atoms with E-state index in [1.54, 1.807) is 0 Å². The normalized spacial score (nSPS) is 50.9. The Bertz CT molecular complexity index is 339. The average Bonchev–Trinajstić information content (AvgIpc) is 2.54. The molecule has 0 spiro atoms. The molecule has 2 bridgehead atoms. The lowest BCUT2D eigenvalue weighted by molar-refractivity contribution is -0.120. The highest BCUT2D eigenvalue weighted by atomic mass is 16.1. The van der Waals surface area contributed by atoms with E-state index >= 15 is 0 Å². The topological polar surface area (TPSA) is 17.1 Å². The van der Waals surface area contributed by atoms with Crippen LogP contribution in [0.1, 0.15) is 33.6 Å². The molecular weight excluding hydrogens is 184 g/mol. The molecule has 82 valence electrons. The molecule has 1 heteroatoms. The lowest BCUT2D eigenvalue weighted by atomic mass is 9.62. The molecule has 3 aliphatic carbocycles. The van der Waals surface area contributed by atoms with Crippen LogP contribution in [0.25, 0.3) is 0 Å². The van der Waals surface area contributed by atoms with Crippen LogP contribution in [0, 0.1) is 35.0 Å². The molecule has 0 aromatic heterocycles. The molecule has 0 N–H and O–H groups in total. The van der Waals surface area contributed by atoms with Gasteiger partial charge in [0.15, 0.2) is 5.78 Å². The van der Waals surface area contributed by atoms with Crippen molar-refractivity contribution in [2.75, 3.05) is 0 Å². The Morgan fingerprint density at radius 3 is 2.80 bits per heavy atom. The summed E-state index contributed by atoms with van der Waals surface area (Å²) in [5.74, 6) is 3.43. The summed E-state index contributed by atoms with van der Waals surface area (Å²) in [4.78, 5) is 11.9. The number of hydrogen-bond acceptors (Lipinski definition) is 1. The Balaban J connectivity index is 2.08. The summed E-state index contributed by atoms with van der Waals surface area (Å²) in [5, 5.41) is 0. The molecule has 5 atom stereocenters. The van der Waals surface area contributed by atoms with E-state index < -0.39 is 0 Å². The Morgan fingerprint density at radius 1 is 1.33 bits per heavy atom. The third kappa shape index (κ3) is 1.02. The van der Waals surface area contributed by atoms with E-state index in [9.17, 15) is 4.79 Å². The van der Waals surface area contributed by atoms with Crippen LogP contribution in [0.2, 0.25) is 0 Å². The first-order valence-corrected chi connectivity index (χ1v) is 6.25. The Labute approximate surface area is 91.9 Å². The minimum atomic E-state index is 0.336. The maximum atomic E-state index is 11.9. The van der Waals surface area contributed by atoms with Crippen LogP contribution >= 0.6 is 0 Å². The van der Waals surface area contributed by atoms with Crippen LogP contribution in [-0.2, 0) is 4.79 Å². The van der Waals surface area contributed by atoms with Crippen molar-refractivity contribution in [3.8, 4) is 0 Å². The Morgan fingerprint density at radius 2 is 2.07 bits per heavy atom. The number of hydrogen-bond donors (Lipinski definition) is 0. The fourth-order valence-corrected chi connectivity index (χ4v) is 4.91. The first-order valence-electron chi connectivity index (χ1n) is 6.25. The zero-order chi connectivity index (χ0) is 10.8. The van der Waals surface area contributed by atoms with Gasteiger partial charge in [-0.25, -0.2) is 0 Å². The molecule has 0 heterocycles. The van der Waals surface area contributed by atoms with Crippen LogP contribution in [0.4, 0.5) is 0 Å². The summed E-state index contributed by atoms with van der Waals surface area (Å²) in [6, 6.07) is 0. The summed E-state index contributed by atoms with van der Waals surface area (Å²) >= 11 is 0.